The van der Waals surface area contributed by atoms with Crippen LogP contribution in [-0.2, 0) is 13.6 Å². The lowest BCUT2D eigenvalue weighted by atomic mass is 10.1. The van der Waals surface area contributed by atoms with Gasteiger partial charge in [0.2, 0.25) is 0 Å². The fourth-order valence-electron chi connectivity index (χ4n) is 3.05. The van der Waals surface area contributed by atoms with Gasteiger partial charge in [-0.3, -0.25) is 19.2 Å². The second kappa shape index (κ2) is 6.51. The molecular formula is C15H21N5O3. The number of aliphatic hydroxyl groups excluding tert-OH is 1. The summed E-state index contributed by atoms with van der Waals surface area (Å²) in [4.78, 5) is 31.9. The molecule has 0 bridgehead atoms. The molecule has 124 valence electrons. The Morgan fingerprint density at radius 1 is 1.30 bits per heavy atom. The summed E-state index contributed by atoms with van der Waals surface area (Å²) in [7, 11) is 1.96. The van der Waals surface area contributed by atoms with Crippen molar-refractivity contribution in [3.8, 4) is 0 Å². The molecule has 0 spiro atoms. The average molecular weight is 319 g/mol. The van der Waals surface area contributed by atoms with Gasteiger partial charge in [0.25, 0.3) is 5.56 Å². The number of nitrogens with one attached hydrogen (secondary N) is 1. The molecule has 0 unspecified atom stereocenters. The van der Waals surface area contributed by atoms with E-state index in [2.05, 4.69) is 14.9 Å². The molecule has 2 N–H and O–H groups in total. The topological polar surface area (TPSA) is 96.2 Å². The summed E-state index contributed by atoms with van der Waals surface area (Å²) >= 11 is 0. The third-order valence-electron chi connectivity index (χ3n) is 4.42. The van der Waals surface area contributed by atoms with Gasteiger partial charge < -0.3 is 9.67 Å². The third kappa shape index (κ3) is 3.43. The number of aryl methyl sites for hydroxylation is 1. The van der Waals surface area contributed by atoms with Crippen molar-refractivity contribution in [3.63, 3.8) is 0 Å². The first-order valence-electron chi connectivity index (χ1n) is 7.72. The van der Waals surface area contributed by atoms with E-state index in [9.17, 15) is 14.7 Å². The van der Waals surface area contributed by atoms with Crippen LogP contribution in [-0.4, -0.2) is 48.3 Å². The number of nitrogens with zero attached hydrogens (tertiary/aromatic N) is 4. The van der Waals surface area contributed by atoms with Crippen LogP contribution in [0.5, 0.6) is 0 Å². The van der Waals surface area contributed by atoms with Gasteiger partial charge in [-0.05, 0) is 12.8 Å². The highest BCUT2D eigenvalue weighted by atomic mass is 16.3. The zero-order valence-electron chi connectivity index (χ0n) is 13.1. The second-order valence-corrected chi connectivity index (χ2v) is 5.96. The maximum atomic E-state index is 11.9. The summed E-state index contributed by atoms with van der Waals surface area (Å²) < 4.78 is 3.40. The van der Waals surface area contributed by atoms with E-state index in [-0.39, 0.29) is 6.04 Å². The molecule has 8 heteroatoms. The van der Waals surface area contributed by atoms with E-state index in [1.165, 1.54) is 16.8 Å². The number of aliphatic hydroxyl groups is 1. The van der Waals surface area contributed by atoms with Crippen molar-refractivity contribution >= 4 is 0 Å². The van der Waals surface area contributed by atoms with Crippen LogP contribution in [0.3, 0.4) is 0 Å². The highest BCUT2D eigenvalue weighted by molar-refractivity contribution is 4.93. The maximum Gasteiger partial charge on any atom is 0.328 e. The van der Waals surface area contributed by atoms with Crippen LogP contribution in [0.25, 0.3) is 0 Å². The number of H-pyrrole nitrogens is 1. The van der Waals surface area contributed by atoms with Crippen LogP contribution in [0, 0.1) is 0 Å². The van der Waals surface area contributed by atoms with Gasteiger partial charge in [0.1, 0.15) is 5.82 Å². The first-order chi connectivity index (χ1) is 11.0. The minimum atomic E-state index is -0.620. The Balaban J connectivity index is 1.74. The Kier molecular flexibility index (Phi) is 4.44. The smallest absolute Gasteiger partial charge is 0.328 e. The van der Waals surface area contributed by atoms with Gasteiger partial charge in [0.15, 0.2) is 0 Å². The van der Waals surface area contributed by atoms with Crippen molar-refractivity contribution in [2.75, 3.05) is 13.1 Å². The quantitative estimate of drug-likeness (QED) is 0.793. The molecule has 23 heavy (non-hydrogen) atoms. The van der Waals surface area contributed by atoms with Gasteiger partial charge in [-0.25, -0.2) is 9.78 Å². The molecule has 0 aliphatic carbocycles. The molecule has 3 heterocycles. The lowest BCUT2D eigenvalue weighted by Crippen LogP contribution is -2.36. The summed E-state index contributed by atoms with van der Waals surface area (Å²) in [6.45, 7) is 2.20. The van der Waals surface area contributed by atoms with Crippen molar-refractivity contribution in [1.82, 2.24) is 24.0 Å². The monoisotopic (exact) mass is 319 g/mol. The molecule has 1 aliphatic heterocycles. The molecule has 0 radical (unpaired) electrons. The zero-order valence-corrected chi connectivity index (χ0v) is 13.1. The molecular weight excluding hydrogens is 298 g/mol. The van der Waals surface area contributed by atoms with E-state index >= 15 is 0 Å². The van der Waals surface area contributed by atoms with E-state index in [4.69, 9.17) is 0 Å². The average Bonchev–Trinajstić information content (AvgIpc) is 2.82. The van der Waals surface area contributed by atoms with Crippen molar-refractivity contribution in [1.29, 1.82) is 0 Å². The number of rotatable bonds is 3. The van der Waals surface area contributed by atoms with Crippen molar-refractivity contribution in [2.45, 2.75) is 31.5 Å². The Morgan fingerprint density at radius 2 is 2.09 bits per heavy atom. The van der Waals surface area contributed by atoms with Crippen LogP contribution < -0.4 is 11.2 Å². The maximum absolute atomic E-state index is 11.9. The Hall–Kier alpha value is -2.19. The molecule has 0 amide bonds. The van der Waals surface area contributed by atoms with E-state index in [1.54, 1.807) is 6.20 Å². The van der Waals surface area contributed by atoms with Gasteiger partial charge in [0, 0.05) is 44.8 Å². The SMILES string of the molecule is Cn1ccnc1CN1CC[C@H](O)[C@@H](n2ccc(=O)[nH]c2=O)CC1. The predicted molar refractivity (Wildman–Crippen MR) is 84.1 cm³/mol. The standard InChI is InChI=1S/C15H21N5O3/c1-18-9-5-16-13(18)10-19-6-2-11(12(21)3-7-19)20-8-4-14(22)17-15(20)23/h4-5,8-9,11-12,21H,2-3,6-7,10H2,1H3,(H,17,22,23)/t11-,12-/m0/s1. The molecule has 0 aromatic carbocycles. The van der Waals surface area contributed by atoms with E-state index in [0.717, 1.165) is 18.9 Å². The van der Waals surface area contributed by atoms with Gasteiger partial charge in [0.05, 0.1) is 18.7 Å². The highest BCUT2D eigenvalue weighted by Crippen LogP contribution is 2.22. The zero-order chi connectivity index (χ0) is 16.4. The normalized spacial score (nSPS) is 22.9. The minimum absolute atomic E-state index is 0.328. The fraction of sp³-hybridized carbons (Fsp3) is 0.533. The molecule has 1 saturated heterocycles. The molecule has 1 aliphatic rings. The lowest BCUT2D eigenvalue weighted by molar-refractivity contribution is 0.105. The molecule has 2 aromatic heterocycles. The largest absolute Gasteiger partial charge is 0.391 e. The molecule has 0 saturated carbocycles. The van der Waals surface area contributed by atoms with Gasteiger partial charge >= 0.3 is 5.69 Å². The Labute approximate surface area is 133 Å². The first kappa shape index (κ1) is 15.7. The summed E-state index contributed by atoms with van der Waals surface area (Å²) in [6.07, 6.45) is 5.72. The molecule has 2 aromatic rings. The third-order valence-corrected chi connectivity index (χ3v) is 4.42. The Bertz CT molecular complexity index is 778. The molecule has 2 atom stereocenters. The van der Waals surface area contributed by atoms with Crippen molar-refractivity contribution < 1.29 is 5.11 Å². The number of hydrogen-bond donors (Lipinski definition) is 2. The van der Waals surface area contributed by atoms with Crippen molar-refractivity contribution in [3.05, 3.63) is 51.3 Å². The summed E-state index contributed by atoms with van der Waals surface area (Å²) in [5, 5.41) is 10.4. The van der Waals surface area contributed by atoms with E-state index < -0.39 is 17.4 Å². The van der Waals surface area contributed by atoms with Gasteiger partial charge in [-0.2, -0.15) is 0 Å². The number of hydrogen-bond acceptors (Lipinski definition) is 5. The summed E-state index contributed by atoms with van der Waals surface area (Å²) in [5.74, 6) is 0.971. The minimum Gasteiger partial charge on any atom is -0.391 e. The number of aromatic nitrogens is 4. The van der Waals surface area contributed by atoms with Crippen LogP contribution in [0.4, 0.5) is 0 Å². The fourth-order valence-corrected chi connectivity index (χ4v) is 3.05. The van der Waals surface area contributed by atoms with Crippen LogP contribution in [0.1, 0.15) is 24.7 Å². The number of imidazole rings is 1. The van der Waals surface area contributed by atoms with Crippen LogP contribution in [0.2, 0.25) is 0 Å². The van der Waals surface area contributed by atoms with Gasteiger partial charge in [-0.1, -0.05) is 0 Å². The second-order valence-electron chi connectivity index (χ2n) is 5.96. The first-order valence-corrected chi connectivity index (χ1v) is 7.72. The molecule has 3 rings (SSSR count). The summed E-state index contributed by atoms with van der Waals surface area (Å²) in [6, 6.07) is 0.982. The van der Waals surface area contributed by atoms with Crippen molar-refractivity contribution in [2.24, 2.45) is 7.05 Å². The molecule has 1 fully saturated rings. The number of aromatic amines is 1. The molecule has 8 nitrogen and oxygen atoms in total. The van der Waals surface area contributed by atoms with Crippen LogP contribution in [0.15, 0.2) is 34.2 Å². The summed E-state index contributed by atoms with van der Waals surface area (Å²) in [5.41, 5.74) is -0.898. The van der Waals surface area contributed by atoms with Crippen LogP contribution >= 0.6 is 0 Å². The van der Waals surface area contributed by atoms with E-state index in [1.807, 2.05) is 17.8 Å². The highest BCUT2D eigenvalue weighted by Gasteiger charge is 2.27. The predicted octanol–water partition coefficient (Wildman–Crippen LogP) is -0.532. The lowest BCUT2D eigenvalue weighted by Gasteiger charge is -2.22. The van der Waals surface area contributed by atoms with Gasteiger partial charge in [-0.15, -0.1) is 0 Å². The van der Waals surface area contributed by atoms with E-state index in [0.29, 0.717) is 19.4 Å². The number of likely N-dealkylation sites (tertiary alicyclic amines) is 1. The Morgan fingerprint density at radius 3 is 2.78 bits per heavy atom.